The fraction of sp³-hybridized carbons (Fsp3) is 0.467. The number of hydrogen-bond acceptors (Lipinski definition) is 5. The van der Waals surface area contributed by atoms with Crippen LogP contribution in [0, 0.1) is 5.41 Å². The van der Waals surface area contributed by atoms with E-state index in [1.165, 1.54) is 0 Å². The average molecular weight is 522 g/mol. The Bertz CT molecular complexity index is 1100. The molecule has 8 heteroatoms. The summed E-state index contributed by atoms with van der Waals surface area (Å²) < 4.78 is 5.72. The summed E-state index contributed by atoms with van der Waals surface area (Å²) >= 11 is 0. The molecule has 2 aromatic carbocycles. The minimum absolute atomic E-state index is 0.0315. The van der Waals surface area contributed by atoms with Crippen molar-refractivity contribution < 1.29 is 23.9 Å². The first kappa shape index (κ1) is 28.9. The van der Waals surface area contributed by atoms with Gasteiger partial charge in [0.15, 0.2) is 0 Å². The summed E-state index contributed by atoms with van der Waals surface area (Å²) in [4.78, 5) is 53.2. The molecule has 2 N–H and O–H groups in total. The third-order valence-corrected chi connectivity index (χ3v) is 6.98. The Morgan fingerprint density at radius 1 is 1.00 bits per heavy atom. The van der Waals surface area contributed by atoms with E-state index in [9.17, 15) is 19.2 Å². The van der Waals surface area contributed by atoms with Crippen LogP contribution in [0.2, 0.25) is 0 Å². The molecular formula is C30H39N3O5. The molecule has 0 unspecified atom stereocenters. The van der Waals surface area contributed by atoms with Gasteiger partial charge in [-0.15, -0.1) is 0 Å². The SMILES string of the molecule is CCCC[C@H](NC(=O)O[C@H]1CN(C(=O)Cc2ccccc2)CC1(C)C)C(=O)C(=O)N[C@H](C)c1ccccc1. The van der Waals surface area contributed by atoms with Crippen LogP contribution >= 0.6 is 0 Å². The molecule has 1 aliphatic rings. The summed E-state index contributed by atoms with van der Waals surface area (Å²) in [6, 6.07) is 17.5. The summed E-state index contributed by atoms with van der Waals surface area (Å²) in [5, 5.41) is 5.34. The first-order valence-electron chi connectivity index (χ1n) is 13.3. The normalized spacial score (nSPS) is 17.8. The summed E-state index contributed by atoms with van der Waals surface area (Å²) in [6.45, 7) is 8.39. The number of rotatable bonds is 11. The molecule has 1 fully saturated rings. The molecule has 0 radical (unpaired) electrons. The molecule has 3 amide bonds. The van der Waals surface area contributed by atoms with Crippen LogP contribution in [0.3, 0.4) is 0 Å². The Morgan fingerprint density at radius 2 is 1.63 bits per heavy atom. The summed E-state index contributed by atoms with van der Waals surface area (Å²) in [5.74, 6) is -1.49. The van der Waals surface area contributed by atoms with Gasteiger partial charge >= 0.3 is 6.09 Å². The third-order valence-electron chi connectivity index (χ3n) is 6.98. The van der Waals surface area contributed by atoms with Crippen molar-refractivity contribution >= 4 is 23.7 Å². The highest BCUT2D eigenvalue weighted by molar-refractivity contribution is 6.38. The second kappa shape index (κ2) is 13.2. The fourth-order valence-corrected chi connectivity index (χ4v) is 4.61. The van der Waals surface area contributed by atoms with E-state index >= 15 is 0 Å². The zero-order chi connectivity index (χ0) is 27.7. The molecule has 1 aliphatic heterocycles. The zero-order valence-corrected chi connectivity index (χ0v) is 22.7. The molecule has 2 aromatic rings. The van der Waals surface area contributed by atoms with Gasteiger partial charge in [-0.3, -0.25) is 14.4 Å². The molecule has 1 heterocycles. The van der Waals surface area contributed by atoms with Gasteiger partial charge in [0.25, 0.3) is 5.91 Å². The Balaban J connectivity index is 1.59. The molecule has 38 heavy (non-hydrogen) atoms. The highest BCUT2D eigenvalue weighted by atomic mass is 16.6. The number of hydrogen-bond donors (Lipinski definition) is 2. The van der Waals surface area contributed by atoms with E-state index < -0.39 is 35.3 Å². The molecule has 0 aliphatic carbocycles. The lowest BCUT2D eigenvalue weighted by Crippen LogP contribution is -2.49. The van der Waals surface area contributed by atoms with Crippen molar-refractivity contribution in [3.63, 3.8) is 0 Å². The number of alkyl carbamates (subject to hydrolysis) is 1. The number of Topliss-reactive ketones (excluding diaryl/α,β-unsaturated/α-hetero) is 1. The number of benzene rings is 2. The summed E-state index contributed by atoms with van der Waals surface area (Å²) in [5.41, 5.74) is 1.34. The molecule has 0 saturated carbocycles. The highest BCUT2D eigenvalue weighted by Crippen LogP contribution is 2.32. The molecule has 1 saturated heterocycles. The van der Waals surface area contributed by atoms with Crippen molar-refractivity contribution in [1.29, 1.82) is 0 Å². The van der Waals surface area contributed by atoms with E-state index in [-0.39, 0.29) is 24.9 Å². The van der Waals surface area contributed by atoms with E-state index in [1.54, 1.807) is 11.8 Å². The summed E-state index contributed by atoms with van der Waals surface area (Å²) in [6.07, 6.45) is 0.758. The Morgan fingerprint density at radius 3 is 2.26 bits per heavy atom. The zero-order valence-electron chi connectivity index (χ0n) is 22.7. The largest absolute Gasteiger partial charge is 0.444 e. The predicted octanol–water partition coefficient (Wildman–Crippen LogP) is 4.20. The molecule has 8 nitrogen and oxygen atoms in total. The van der Waals surface area contributed by atoms with Crippen LogP contribution in [0.25, 0.3) is 0 Å². The van der Waals surface area contributed by atoms with E-state index in [0.29, 0.717) is 19.4 Å². The van der Waals surface area contributed by atoms with Crippen LogP contribution in [0.4, 0.5) is 4.79 Å². The molecule has 0 spiro atoms. The predicted molar refractivity (Wildman–Crippen MR) is 145 cm³/mol. The van der Waals surface area contributed by atoms with Gasteiger partial charge in [-0.05, 0) is 24.5 Å². The van der Waals surface area contributed by atoms with Crippen molar-refractivity contribution in [3.8, 4) is 0 Å². The first-order chi connectivity index (χ1) is 18.1. The number of unbranched alkanes of at least 4 members (excludes halogenated alkanes) is 1. The van der Waals surface area contributed by atoms with Crippen LogP contribution in [0.15, 0.2) is 60.7 Å². The number of ketones is 1. The van der Waals surface area contributed by atoms with Gasteiger partial charge in [-0.1, -0.05) is 94.3 Å². The van der Waals surface area contributed by atoms with E-state index in [0.717, 1.165) is 17.5 Å². The number of nitrogens with zero attached hydrogens (tertiary/aromatic N) is 1. The number of amides is 3. The van der Waals surface area contributed by atoms with Crippen LogP contribution in [0.5, 0.6) is 0 Å². The van der Waals surface area contributed by atoms with Gasteiger partial charge in [-0.25, -0.2) is 4.79 Å². The molecule has 204 valence electrons. The van der Waals surface area contributed by atoms with Crippen molar-refractivity contribution in [1.82, 2.24) is 15.5 Å². The topological polar surface area (TPSA) is 105 Å². The molecule has 3 rings (SSSR count). The van der Waals surface area contributed by atoms with Gasteiger partial charge in [0.05, 0.1) is 19.0 Å². The summed E-state index contributed by atoms with van der Waals surface area (Å²) in [7, 11) is 0. The first-order valence-corrected chi connectivity index (χ1v) is 13.3. The Kier molecular flexibility index (Phi) is 10.0. The maximum Gasteiger partial charge on any atom is 0.408 e. The van der Waals surface area contributed by atoms with Gasteiger partial charge in [0.2, 0.25) is 11.7 Å². The molecule has 0 aromatic heterocycles. The lowest BCUT2D eigenvalue weighted by atomic mass is 9.90. The fourth-order valence-electron chi connectivity index (χ4n) is 4.61. The van der Waals surface area contributed by atoms with Crippen LogP contribution in [-0.2, 0) is 25.5 Å². The molecule has 0 bridgehead atoms. The Hall–Kier alpha value is -3.68. The number of carbonyl (C=O) groups is 4. The van der Waals surface area contributed by atoms with Crippen molar-refractivity contribution in [3.05, 3.63) is 71.8 Å². The lowest BCUT2D eigenvalue weighted by molar-refractivity contribution is -0.139. The highest BCUT2D eigenvalue weighted by Gasteiger charge is 2.44. The third kappa shape index (κ3) is 7.91. The second-order valence-corrected chi connectivity index (χ2v) is 10.6. The number of carbonyl (C=O) groups excluding carboxylic acids is 4. The van der Waals surface area contributed by atoms with Gasteiger partial charge < -0.3 is 20.3 Å². The van der Waals surface area contributed by atoms with Crippen molar-refractivity contribution in [2.24, 2.45) is 5.41 Å². The quantitative estimate of drug-likeness (QED) is 0.431. The van der Waals surface area contributed by atoms with Crippen molar-refractivity contribution in [2.75, 3.05) is 13.1 Å². The maximum absolute atomic E-state index is 13.0. The van der Waals surface area contributed by atoms with Gasteiger partial charge in [-0.2, -0.15) is 0 Å². The van der Waals surface area contributed by atoms with Crippen molar-refractivity contribution in [2.45, 2.75) is 71.6 Å². The van der Waals surface area contributed by atoms with E-state index in [4.69, 9.17) is 4.74 Å². The lowest BCUT2D eigenvalue weighted by Gasteiger charge is -2.26. The van der Waals surface area contributed by atoms with Crippen LogP contribution in [-0.4, -0.2) is 53.8 Å². The van der Waals surface area contributed by atoms with Crippen LogP contribution in [0.1, 0.15) is 64.1 Å². The van der Waals surface area contributed by atoms with Gasteiger partial charge in [0, 0.05) is 12.0 Å². The van der Waals surface area contributed by atoms with E-state index in [2.05, 4.69) is 10.6 Å². The number of likely N-dealkylation sites (tertiary alicyclic amines) is 1. The number of ether oxygens (including phenoxy) is 1. The number of nitrogens with one attached hydrogen (secondary N) is 2. The maximum atomic E-state index is 13.0. The minimum Gasteiger partial charge on any atom is -0.444 e. The average Bonchev–Trinajstić information content (AvgIpc) is 3.20. The molecular weight excluding hydrogens is 482 g/mol. The van der Waals surface area contributed by atoms with E-state index in [1.807, 2.05) is 81.4 Å². The molecule has 3 atom stereocenters. The smallest absolute Gasteiger partial charge is 0.408 e. The second-order valence-electron chi connectivity index (χ2n) is 10.6. The standard InChI is InChI=1S/C30H39N3O5/c1-5-6-17-24(27(35)28(36)31-21(2)23-15-11-8-12-16-23)32-29(37)38-25-19-33(20-30(25,3)4)26(34)18-22-13-9-7-10-14-22/h7-16,21,24-25H,5-6,17-20H2,1-4H3,(H,31,36)(H,32,37)/t21-,24+,25+/m1/s1. The Labute approximate surface area is 225 Å². The van der Waals surface area contributed by atoms with Gasteiger partial charge in [0.1, 0.15) is 12.1 Å². The monoisotopic (exact) mass is 521 g/mol. The van der Waals surface area contributed by atoms with Crippen LogP contribution < -0.4 is 10.6 Å². The minimum atomic E-state index is -0.995.